The van der Waals surface area contributed by atoms with E-state index in [0.29, 0.717) is 23.2 Å². The van der Waals surface area contributed by atoms with Crippen LogP contribution in [0, 0.1) is 0 Å². The van der Waals surface area contributed by atoms with Gasteiger partial charge in [0.15, 0.2) is 0 Å². The van der Waals surface area contributed by atoms with Crippen LogP contribution in [0.2, 0.25) is 0 Å². The first-order valence-electron chi connectivity index (χ1n) is 18.4. The topological polar surface area (TPSA) is 60.7 Å². The Morgan fingerprint density at radius 2 is 0.660 bits per heavy atom. The van der Waals surface area contributed by atoms with Gasteiger partial charge in [-0.2, -0.15) is 0 Å². The monoisotopic (exact) mass is 681 g/mol. The smallest absolute Gasteiger partial charge is 0.123 e. The van der Waals surface area contributed by atoms with Crippen molar-refractivity contribution in [3.05, 3.63) is 151 Å². The van der Waals surface area contributed by atoms with Crippen LogP contribution in [-0.2, 0) is 0 Å². The van der Waals surface area contributed by atoms with Crippen LogP contribution in [0.5, 0.6) is 17.2 Å². The third kappa shape index (κ3) is 23.5. The molecule has 0 amide bonds. The molecule has 0 aromatic heterocycles. The number of phenols is 3. The maximum Gasteiger partial charge on any atom is 0.123 e. The van der Waals surface area contributed by atoms with Gasteiger partial charge in [-0.1, -0.05) is 217 Å². The second-order valence-electron chi connectivity index (χ2n) is 10.3. The predicted molar refractivity (Wildman–Crippen MR) is 226 cm³/mol. The Morgan fingerprint density at radius 3 is 0.920 bits per heavy atom. The summed E-state index contributed by atoms with van der Waals surface area (Å²) in [7, 11) is 0. The van der Waals surface area contributed by atoms with E-state index < -0.39 is 0 Å². The van der Waals surface area contributed by atoms with Gasteiger partial charge >= 0.3 is 0 Å². The minimum atomic E-state index is 0.322. The molecule has 6 aromatic rings. The fourth-order valence-corrected chi connectivity index (χ4v) is 3.68. The Kier molecular flexibility index (Phi) is 35.3. The van der Waals surface area contributed by atoms with Gasteiger partial charge in [-0.25, -0.2) is 0 Å². The van der Waals surface area contributed by atoms with Crippen molar-refractivity contribution in [2.75, 3.05) is 0 Å². The summed E-state index contributed by atoms with van der Waals surface area (Å²) in [6.07, 6.45) is 2.50. The third-order valence-corrected chi connectivity index (χ3v) is 5.76. The lowest BCUT2D eigenvalue weighted by atomic mass is 10.0. The second-order valence-corrected chi connectivity index (χ2v) is 10.3. The van der Waals surface area contributed by atoms with Crippen molar-refractivity contribution >= 4 is 21.5 Å². The van der Waals surface area contributed by atoms with Crippen LogP contribution in [0.25, 0.3) is 21.5 Å². The Morgan fingerprint density at radius 1 is 0.380 bits per heavy atom. The number of rotatable bonds is 1. The molecule has 3 heteroatoms. The zero-order valence-electron chi connectivity index (χ0n) is 33.2. The highest BCUT2D eigenvalue weighted by Crippen LogP contribution is 2.24. The van der Waals surface area contributed by atoms with E-state index in [1.807, 2.05) is 126 Å². The molecule has 6 rings (SSSR count). The lowest BCUT2D eigenvalue weighted by Crippen LogP contribution is -1.83. The summed E-state index contributed by atoms with van der Waals surface area (Å²) in [5.74, 6) is 1.68. The zero-order chi connectivity index (χ0) is 38.6. The van der Waals surface area contributed by atoms with E-state index in [9.17, 15) is 10.2 Å². The summed E-state index contributed by atoms with van der Waals surface area (Å²) in [5.41, 5.74) is 1.41. The fourth-order valence-electron chi connectivity index (χ4n) is 3.68. The Bertz CT molecular complexity index is 1460. The molecule has 0 aliphatic rings. The molecule has 0 aliphatic carbocycles. The molecule has 0 unspecified atom stereocenters. The standard InChI is InChI=1S/2C10H8O.C9H12.C6H6O.2C3H8.3C2H6/c2*11-10-7-3-5-8-4-1-2-6-9(8)10;1-8(2)9-6-4-3-5-7-9;7-6-4-2-1-3-5-6;2*1-3-2;3*1-2/h2*1-7,11H;3-8H,1-2H3;1-5,7H;2*3H2,1-2H3;3*1-2H3. The van der Waals surface area contributed by atoms with E-state index in [-0.39, 0.29) is 0 Å². The van der Waals surface area contributed by atoms with Crippen molar-refractivity contribution in [3.63, 3.8) is 0 Å². The highest BCUT2D eigenvalue weighted by atomic mass is 16.3. The van der Waals surface area contributed by atoms with Crippen LogP contribution < -0.4 is 0 Å². The van der Waals surface area contributed by atoms with Crippen LogP contribution >= 0.6 is 0 Å². The maximum atomic E-state index is 9.37. The first-order valence-corrected chi connectivity index (χ1v) is 18.4. The highest BCUT2D eigenvalue weighted by Gasteiger charge is 1.96. The van der Waals surface area contributed by atoms with Crippen molar-refractivity contribution in [2.24, 2.45) is 0 Å². The average molecular weight is 681 g/mol. The van der Waals surface area contributed by atoms with E-state index in [0.717, 1.165) is 21.5 Å². The molecule has 0 fully saturated rings. The average Bonchev–Trinajstić information content (AvgIpc) is 3.17. The summed E-state index contributed by atoms with van der Waals surface area (Å²) in [5, 5.41) is 31.4. The molecule has 0 saturated carbocycles. The van der Waals surface area contributed by atoms with E-state index in [2.05, 4.69) is 65.8 Å². The Hall–Kier alpha value is -4.76. The molecule has 0 radical (unpaired) electrons. The Labute approximate surface area is 306 Å². The van der Waals surface area contributed by atoms with Crippen molar-refractivity contribution in [1.82, 2.24) is 0 Å². The van der Waals surface area contributed by atoms with Gasteiger partial charge in [0.1, 0.15) is 17.2 Å². The molecule has 0 heterocycles. The van der Waals surface area contributed by atoms with Crippen molar-refractivity contribution in [3.8, 4) is 17.2 Å². The van der Waals surface area contributed by atoms with Gasteiger partial charge in [0, 0.05) is 10.8 Å². The van der Waals surface area contributed by atoms with Gasteiger partial charge in [-0.05, 0) is 46.5 Å². The predicted octanol–water partition coefficient (Wildman–Crippen LogP) is 15.2. The normalized spacial score (nSPS) is 8.58. The molecule has 0 saturated heterocycles. The molecular formula is C47H68O3. The minimum absolute atomic E-state index is 0.322. The summed E-state index contributed by atoms with van der Waals surface area (Å²) >= 11 is 0. The zero-order valence-corrected chi connectivity index (χ0v) is 33.2. The first-order chi connectivity index (χ1) is 24.3. The number of hydrogen-bond donors (Lipinski definition) is 3. The molecule has 0 bridgehead atoms. The van der Waals surface area contributed by atoms with E-state index >= 15 is 0 Å². The lowest BCUT2D eigenvalue weighted by Gasteiger charge is -2.01. The molecule has 0 atom stereocenters. The molecule has 3 N–H and O–H groups in total. The van der Waals surface area contributed by atoms with Gasteiger partial charge in [0.05, 0.1) is 0 Å². The Balaban J connectivity index is -0.000000538. The fraction of sp³-hybridized carbons (Fsp3) is 0.319. The SMILES string of the molecule is CC.CC.CC.CC(C)c1ccccc1.CCC.CCC.Oc1cccc2ccccc12.Oc1cccc2ccccc12.Oc1ccccc1. The van der Waals surface area contributed by atoms with Crippen molar-refractivity contribution < 1.29 is 15.3 Å². The number of para-hydroxylation sites is 1. The van der Waals surface area contributed by atoms with E-state index in [4.69, 9.17) is 5.11 Å². The highest BCUT2D eigenvalue weighted by molar-refractivity contribution is 5.88. The van der Waals surface area contributed by atoms with Crippen LogP contribution in [0.3, 0.4) is 0 Å². The molecule has 0 aliphatic heterocycles. The van der Waals surface area contributed by atoms with Crippen LogP contribution in [-0.4, -0.2) is 15.3 Å². The number of benzene rings is 6. The van der Waals surface area contributed by atoms with Gasteiger partial charge in [-0.15, -0.1) is 0 Å². The summed E-state index contributed by atoms with van der Waals surface area (Å²) in [6.45, 7) is 24.9. The molecule has 3 nitrogen and oxygen atoms in total. The van der Waals surface area contributed by atoms with Crippen LogP contribution in [0.4, 0.5) is 0 Å². The van der Waals surface area contributed by atoms with Crippen LogP contribution in [0.15, 0.2) is 146 Å². The molecule has 274 valence electrons. The minimum Gasteiger partial charge on any atom is -0.508 e. The van der Waals surface area contributed by atoms with Crippen LogP contribution in [0.1, 0.15) is 107 Å². The van der Waals surface area contributed by atoms with Gasteiger partial charge in [0.2, 0.25) is 0 Å². The number of fused-ring (bicyclic) bond motifs is 2. The summed E-state index contributed by atoms with van der Waals surface area (Å²) in [4.78, 5) is 0. The summed E-state index contributed by atoms with van der Waals surface area (Å²) in [6, 6.07) is 45.8. The molecule has 50 heavy (non-hydrogen) atoms. The number of phenolic OH excluding ortho intramolecular Hbond substituents is 3. The number of hydrogen-bond acceptors (Lipinski definition) is 3. The van der Waals surface area contributed by atoms with Gasteiger partial charge < -0.3 is 15.3 Å². The summed E-state index contributed by atoms with van der Waals surface area (Å²) < 4.78 is 0. The molecule has 0 spiro atoms. The maximum absolute atomic E-state index is 9.37. The third-order valence-electron chi connectivity index (χ3n) is 5.76. The second kappa shape index (κ2) is 35.5. The quantitative estimate of drug-likeness (QED) is 0.162. The molecule has 6 aromatic carbocycles. The van der Waals surface area contributed by atoms with Crippen molar-refractivity contribution in [1.29, 1.82) is 0 Å². The van der Waals surface area contributed by atoms with E-state index in [1.165, 1.54) is 18.4 Å². The largest absolute Gasteiger partial charge is 0.508 e. The molecular weight excluding hydrogens is 613 g/mol. The van der Waals surface area contributed by atoms with Gasteiger partial charge in [0.25, 0.3) is 0 Å². The first kappa shape index (κ1) is 49.6. The van der Waals surface area contributed by atoms with Gasteiger partial charge in [-0.3, -0.25) is 0 Å². The lowest BCUT2D eigenvalue weighted by molar-refractivity contribution is 0.475. The van der Waals surface area contributed by atoms with Crippen molar-refractivity contribution in [2.45, 2.75) is 102 Å². The van der Waals surface area contributed by atoms with E-state index in [1.54, 1.807) is 36.4 Å². The number of aromatic hydroxyl groups is 3.